The van der Waals surface area contributed by atoms with Crippen molar-refractivity contribution >= 4 is 11.6 Å². The van der Waals surface area contributed by atoms with Gasteiger partial charge in [0.25, 0.3) is 5.91 Å². The van der Waals surface area contributed by atoms with E-state index in [1.165, 1.54) is 11.1 Å². The Morgan fingerprint density at radius 2 is 2.00 bits per heavy atom. The largest absolute Gasteiger partial charge is 0.390 e. The Balaban J connectivity index is 1.48. The highest BCUT2D eigenvalue weighted by atomic mass is 16.3. The summed E-state index contributed by atoms with van der Waals surface area (Å²) in [5.41, 5.74) is 4.20. The third kappa shape index (κ3) is 4.59. The lowest BCUT2D eigenvalue weighted by Gasteiger charge is -2.30. The monoisotopic (exact) mass is 339 g/mol. The molecule has 0 saturated carbocycles. The number of fused-ring (bicyclic) bond motifs is 1. The molecule has 2 aromatic carbocycles. The standard InChI is InChI=1S/C20H25N3O2/c1-21-18-8-4-7-16(11-18)20(25)22-12-19(24)14-23-10-9-15-5-2-3-6-17(15)13-23/h2-8,11,19,21,24H,9-10,12-14H2,1H3,(H,22,25). The molecule has 1 heterocycles. The summed E-state index contributed by atoms with van der Waals surface area (Å²) in [6, 6.07) is 15.7. The average molecular weight is 339 g/mol. The molecular formula is C20H25N3O2. The van der Waals surface area contributed by atoms with E-state index >= 15 is 0 Å². The smallest absolute Gasteiger partial charge is 0.251 e. The predicted octanol–water partition coefficient (Wildman–Crippen LogP) is 1.88. The van der Waals surface area contributed by atoms with Gasteiger partial charge in [-0.15, -0.1) is 0 Å². The third-order valence-corrected chi connectivity index (χ3v) is 4.59. The fourth-order valence-corrected chi connectivity index (χ4v) is 3.20. The van der Waals surface area contributed by atoms with E-state index in [0.717, 1.165) is 25.2 Å². The maximum Gasteiger partial charge on any atom is 0.251 e. The van der Waals surface area contributed by atoms with Crippen LogP contribution in [0.15, 0.2) is 48.5 Å². The lowest BCUT2D eigenvalue weighted by molar-refractivity contribution is 0.0842. The second kappa shape index (κ2) is 8.14. The van der Waals surface area contributed by atoms with Crippen LogP contribution in [-0.4, -0.2) is 48.7 Å². The molecule has 1 atom stereocenters. The molecule has 0 bridgehead atoms. The number of amides is 1. The zero-order chi connectivity index (χ0) is 17.6. The van der Waals surface area contributed by atoms with Crippen molar-refractivity contribution in [3.63, 3.8) is 0 Å². The van der Waals surface area contributed by atoms with Gasteiger partial charge in [0.1, 0.15) is 0 Å². The number of β-amino-alcohol motifs (C(OH)–C–C–N with tert-alkyl or cyclic N) is 1. The SMILES string of the molecule is CNc1cccc(C(=O)NCC(O)CN2CCc3ccccc3C2)c1. The van der Waals surface area contributed by atoms with E-state index < -0.39 is 6.10 Å². The van der Waals surface area contributed by atoms with Gasteiger partial charge in [0.15, 0.2) is 0 Å². The summed E-state index contributed by atoms with van der Waals surface area (Å²) >= 11 is 0. The summed E-state index contributed by atoms with van der Waals surface area (Å²) in [5.74, 6) is -0.167. The lowest BCUT2D eigenvalue weighted by atomic mass is 10.00. The first-order chi connectivity index (χ1) is 12.2. The number of nitrogens with zero attached hydrogens (tertiary/aromatic N) is 1. The van der Waals surface area contributed by atoms with Crippen molar-refractivity contribution in [3.8, 4) is 0 Å². The summed E-state index contributed by atoms with van der Waals surface area (Å²) in [6.07, 6.45) is 0.424. The number of carbonyl (C=O) groups excluding carboxylic acids is 1. The van der Waals surface area contributed by atoms with E-state index in [9.17, 15) is 9.90 Å². The lowest BCUT2D eigenvalue weighted by Crippen LogP contribution is -2.42. The molecule has 25 heavy (non-hydrogen) atoms. The predicted molar refractivity (Wildman–Crippen MR) is 99.8 cm³/mol. The molecule has 132 valence electrons. The molecule has 2 aromatic rings. The topological polar surface area (TPSA) is 64.6 Å². The average Bonchev–Trinajstić information content (AvgIpc) is 2.66. The van der Waals surface area contributed by atoms with E-state index in [1.54, 1.807) is 12.1 Å². The van der Waals surface area contributed by atoms with Crippen molar-refractivity contribution in [1.29, 1.82) is 0 Å². The van der Waals surface area contributed by atoms with Gasteiger partial charge >= 0.3 is 0 Å². The van der Waals surface area contributed by atoms with Crippen LogP contribution in [0.25, 0.3) is 0 Å². The molecule has 3 rings (SSSR count). The van der Waals surface area contributed by atoms with Crippen LogP contribution >= 0.6 is 0 Å². The van der Waals surface area contributed by atoms with E-state index in [-0.39, 0.29) is 12.5 Å². The van der Waals surface area contributed by atoms with Gasteiger partial charge in [-0.3, -0.25) is 9.69 Å². The minimum absolute atomic E-state index is 0.167. The molecule has 1 amide bonds. The second-order valence-electron chi connectivity index (χ2n) is 6.45. The number of carbonyl (C=O) groups is 1. The zero-order valence-corrected chi connectivity index (χ0v) is 14.5. The summed E-state index contributed by atoms with van der Waals surface area (Å²) < 4.78 is 0. The Morgan fingerprint density at radius 1 is 1.20 bits per heavy atom. The molecule has 1 unspecified atom stereocenters. The molecule has 0 aromatic heterocycles. The number of benzene rings is 2. The highest BCUT2D eigenvalue weighted by Gasteiger charge is 2.18. The quantitative estimate of drug-likeness (QED) is 0.752. The minimum atomic E-state index is -0.582. The van der Waals surface area contributed by atoms with E-state index in [2.05, 4.69) is 39.8 Å². The molecule has 0 aliphatic carbocycles. The highest BCUT2D eigenvalue weighted by molar-refractivity contribution is 5.95. The van der Waals surface area contributed by atoms with Crippen molar-refractivity contribution < 1.29 is 9.90 Å². The van der Waals surface area contributed by atoms with Crippen molar-refractivity contribution in [2.45, 2.75) is 19.1 Å². The maximum absolute atomic E-state index is 12.2. The van der Waals surface area contributed by atoms with Gasteiger partial charge in [-0.2, -0.15) is 0 Å². The van der Waals surface area contributed by atoms with Crippen LogP contribution in [0.3, 0.4) is 0 Å². The number of aliphatic hydroxyl groups is 1. The van der Waals surface area contributed by atoms with Crippen molar-refractivity contribution in [2.24, 2.45) is 0 Å². The van der Waals surface area contributed by atoms with Crippen LogP contribution in [0.1, 0.15) is 21.5 Å². The van der Waals surface area contributed by atoms with Gasteiger partial charge < -0.3 is 15.7 Å². The molecule has 0 radical (unpaired) electrons. The number of hydrogen-bond acceptors (Lipinski definition) is 4. The first-order valence-corrected chi connectivity index (χ1v) is 8.69. The highest BCUT2D eigenvalue weighted by Crippen LogP contribution is 2.18. The first-order valence-electron chi connectivity index (χ1n) is 8.69. The van der Waals surface area contributed by atoms with Gasteiger partial charge in [0.05, 0.1) is 6.10 Å². The number of rotatable bonds is 6. The number of nitrogens with one attached hydrogen (secondary N) is 2. The number of anilines is 1. The van der Waals surface area contributed by atoms with Crippen molar-refractivity contribution in [1.82, 2.24) is 10.2 Å². The van der Waals surface area contributed by atoms with Gasteiger partial charge in [-0.25, -0.2) is 0 Å². The maximum atomic E-state index is 12.2. The fraction of sp³-hybridized carbons (Fsp3) is 0.350. The summed E-state index contributed by atoms with van der Waals surface area (Å²) in [7, 11) is 1.82. The summed E-state index contributed by atoms with van der Waals surface area (Å²) in [4.78, 5) is 14.4. The van der Waals surface area contributed by atoms with Gasteiger partial charge in [0.2, 0.25) is 0 Å². The normalized spacial score (nSPS) is 15.3. The molecule has 0 saturated heterocycles. The molecule has 0 fully saturated rings. The second-order valence-corrected chi connectivity index (χ2v) is 6.45. The van der Waals surface area contributed by atoms with Crippen LogP contribution in [0.5, 0.6) is 0 Å². The van der Waals surface area contributed by atoms with Crippen LogP contribution in [0.4, 0.5) is 5.69 Å². The van der Waals surface area contributed by atoms with Crippen LogP contribution in [0, 0.1) is 0 Å². The molecule has 0 spiro atoms. The Bertz CT molecular complexity index is 732. The van der Waals surface area contributed by atoms with Gasteiger partial charge in [0, 0.05) is 44.5 Å². The number of hydrogen-bond donors (Lipinski definition) is 3. The Kier molecular flexibility index (Phi) is 5.68. The molecule has 3 N–H and O–H groups in total. The van der Waals surface area contributed by atoms with Crippen molar-refractivity contribution in [3.05, 3.63) is 65.2 Å². The summed E-state index contributed by atoms with van der Waals surface area (Å²) in [6.45, 7) is 2.60. The Morgan fingerprint density at radius 3 is 2.80 bits per heavy atom. The van der Waals surface area contributed by atoms with Gasteiger partial charge in [-0.05, 0) is 35.7 Å². The first kappa shape index (κ1) is 17.5. The molecular weight excluding hydrogens is 314 g/mol. The fourth-order valence-electron chi connectivity index (χ4n) is 3.20. The van der Waals surface area contributed by atoms with Crippen molar-refractivity contribution in [2.75, 3.05) is 32.0 Å². The Labute approximate surface area is 148 Å². The van der Waals surface area contributed by atoms with Crippen LogP contribution in [0.2, 0.25) is 0 Å². The zero-order valence-electron chi connectivity index (χ0n) is 14.5. The molecule has 5 heteroatoms. The third-order valence-electron chi connectivity index (χ3n) is 4.59. The Hall–Kier alpha value is -2.37. The molecule has 5 nitrogen and oxygen atoms in total. The van der Waals surface area contributed by atoms with Gasteiger partial charge in [-0.1, -0.05) is 30.3 Å². The minimum Gasteiger partial charge on any atom is -0.390 e. The van der Waals surface area contributed by atoms with E-state index in [1.807, 2.05) is 19.2 Å². The van der Waals surface area contributed by atoms with E-state index in [4.69, 9.17) is 0 Å². The number of aliphatic hydroxyl groups excluding tert-OH is 1. The molecule has 1 aliphatic rings. The van der Waals surface area contributed by atoms with Crippen LogP contribution in [-0.2, 0) is 13.0 Å². The van der Waals surface area contributed by atoms with Crippen LogP contribution < -0.4 is 10.6 Å². The summed E-state index contributed by atoms with van der Waals surface area (Å²) in [5, 5.41) is 16.1. The van der Waals surface area contributed by atoms with E-state index in [0.29, 0.717) is 12.1 Å². The molecule has 1 aliphatic heterocycles.